The van der Waals surface area contributed by atoms with Crippen LogP contribution < -0.4 is 19.8 Å². The van der Waals surface area contributed by atoms with Gasteiger partial charge in [-0.05, 0) is 53.4 Å². The molecule has 0 fully saturated rings. The van der Waals surface area contributed by atoms with E-state index in [1.165, 1.54) is 11.1 Å². The first-order valence-corrected chi connectivity index (χ1v) is 12.8. The third kappa shape index (κ3) is 5.03. The number of nitrogens with zero attached hydrogens (tertiary/aromatic N) is 4. The second-order valence-corrected chi connectivity index (χ2v) is 9.49. The zero-order chi connectivity index (χ0) is 26.6. The van der Waals surface area contributed by atoms with Crippen LogP contribution in [0.4, 0.5) is 0 Å². The number of hydrogen-bond donors (Lipinski definition) is 0. The molecule has 0 radical (unpaired) electrons. The molecule has 0 saturated carbocycles. The Morgan fingerprint density at radius 3 is 2.45 bits per heavy atom. The van der Waals surface area contributed by atoms with Crippen LogP contribution in [0.25, 0.3) is 11.3 Å². The van der Waals surface area contributed by atoms with Crippen molar-refractivity contribution in [3.05, 3.63) is 92.9 Å². The fraction of sp³-hybridized carbons (Fsp3) is 0.214. The van der Waals surface area contributed by atoms with E-state index in [1.807, 2.05) is 47.8 Å². The third-order valence-electron chi connectivity index (χ3n) is 6.30. The SMILES string of the molecule is COc1ccc(C2CC(c3cccs3)=NN2C(=O)Cn2nc(-c3ccc(OC)c(OC)c3)ccc2=O)cc1. The van der Waals surface area contributed by atoms with Gasteiger partial charge in [0.1, 0.15) is 12.3 Å². The quantitative estimate of drug-likeness (QED) is 0.336. The van der Waals surface area contributed by atoms with Crippen LogP contribution in [0.5, 0.6) is 17.2 Å². The Balaban J connectivity index is 1.45. The topological polar surface area (TPSA) is 95.2 Å². The Labute approximate surface area is 223 Å². The lowest BCUT2D eigenvalue weighted by atomic mass is 10.0. The Bertz CT molecular complexity index is 1530. The summed E-state index contributed by atoms with van der Waals surface area (Å²) in [5.74, 6) is 1.51. The molecule has 0 saturated heterocycles. The lowest BCUT2D eigenvalue weighted by Gasteiger charge is -2.22. The minimum atomic E-state index is -0.384. The van der Waals surface area contributed by atoms with Crippen molar-refractivity contribution in [1.29, 1.82) is 0 Å². The van der Waals surface area contributed by atoms with E-state index in [9.17, 15) is 9.59 Å². The first-order chi connectivity index (χ1) is 18.5. The summed E-state index contributed by atoms with van der Waals surface area (Å²) >= 11 is 1.57. The number of amides is 1. The number of carbonyl (C=O) groups is 1. The first-order valence-electron chi connectivity index (χ1n) is 11.9. The number of aromatic nitrogens is 2. The second kappa shape index (κ2) is 10.9. The highest BCUT2D eigenvalue weighted by atomic mass is 32.1. The van der Waals surface area contributed by atoms with Crippen molar-refractivity contribution >= 4 is 23.0 Å². The fourth-order valence-corrected chi connectivity index (χ4v) is 5.05. The van der Waals surface area contributed by atoms with Crippen LogP contribution in [0.3, 0.4) is 0 Å². The Morgan fingerprint density at radius 2 is 1.76 bits per heavy atom. The smallest absolute Gasteiger partial charge is 0.267 e. The van der Waals surface area contributed by atoms with Gasteiger partial charge in [-0.3, -0.25) is 9.59 Å². The van der Waals surface area contributed by atoms with Gasteiger partial charge in [0.25, 0.3) is 11.5 Å². The minimum absolute atomic E-state index is 0.256. The highest BCUT2D eigenvalue weighted by molar-refractivity contribution is 7.12. The summed E-state index contributed by atoms with van der Waals surface area (Å²) in [6.45, 7) is -0.256. The molecule has 9 nitrogen and oxygen atoms in total. The van der Waals surface area contributed by atoms with Gasteiger partial charge in [0.15, 0.2) is 11.5 Å². The maximum Gasteiger partial charge on any atom is 0.267 e. The molecule has 0 bridgehead atoms. The van der Waals surface area contributed by atoms with Gasteiger partial charge in [-0.15, -0.1) is 11.3 Å². The van der Waals surface area contributed by atoms with Gasteiger partial charge in [-0.2, -0.15) is 10.2 Å². The largest absolute Gasteiger partial charge is 0.497 e. The van der Waals surface area contributed by atoms with Gasteiger partial charge in [-0.1, -0.05) is 18.2 Å². The maximum atomic E-state index is 13.6. The molecule has 4 aromatic rings. The van der Waals surface area contributed by atoms with Crippen molar-refractivity contribution < 1.29 is 19.0 Å². The maximum absolute atomic E-state index is 13.6. The zero-order valence-corrected chi connectivity index (χ0v) is 22.0. The molecule has 0 spiro atoms. The van der Waals surface area contributed by atoms with E-state index in [2.05, 4.69) is 10.2 Å². The van der Waals surface area contributed by atoms with E-state index in [-0.39, 0.29) is 24.1 Å². The summed E-state index contributed by atoms with van der Waals surface area (Å²) < 4.78 is 17.1. The number of methoxy groups -OCH3 is 3. The second-order valence-electron chi connectivity index (χ2n) is 8.54. The Kier molecular flexibility index (Phi) is 7.23. The van der Waals surface area contributed by atoms with Crippen molar-refractivity contribution in [2.75, 3.05) is 21.3 Å². The van der Waals surface area contributed by atoms with Gasteiger partial charge in [-0.25, -0.2) is 9.69 Å². The molecule has 0 aliphatic carbocycles. The molecule has 1 atom stereocenters. The molecule has 1 aliphatic rings. The molecule has 2 aromatic carbocycles. The van der Waals surface area contributed by atoms with E-state index in [0.717, 1.165) is 32.1 Å². The van der Waals surface area contributed by atoms with E-state index in [1.54, 1.807) is 50.9 Å². The molecule has 5 rings (SSSR count). The number of hydrogen-bond acceptors (Lipinski definition) is 8. The van der Waals surface area contributed by atoms with Crippen LogP contribution in [0.1, 0.15) is 22.9 Å². The van der Waals surface area contributed by atoms with Crippen LogP contribution in [0.15, 0.2) is 82.0 Å². The molecular weight excluding hydrogens is 504 g/mol. The van der Waals surface area contributed by atoms with Crippen molar-refractivity contribution in [3.8, 4) is 28.5 Å². The highest BCUT2D eigenvalue weighted by Gasteiger charge is 2.33. The Hall–Kier alpha value is -4.44. The Morgan fingerprint density at radius 1 is 0.974 bits per heavy atom. The molecule has 0 N–H and O–H groups in total. The van der Waals surface area contributed by atoms with Gasteiger partial charge < -0.3 is 14.2 Å². The third-order valence-corrected chi connectivity index (χ3v) is 7.22. The van der Waals surface area contributed by atoms with E-state index >= 15 is 0 Å². The van der Waals surface area contributed by atoms with Crippen LogP contribution in [-0.2, 0) is 11.3 Å². The molecule has 1 aliphatic heterocycles. The van der Waals surface area contributed by atoms with Gasteiger partial charge in [0.05, 0.1) is 43.7 Å². The van der Waals surface area contributed by atoms with Crippen molar-refractivity contribution in [3.63, 3.8) is 0 Å². The molecular formula is C28H26N4O5S. The standard InChI is InChI=1S/C28H26N4O5S/c1-35-20-9-6-18(7-10-20)23-16-22(26-5-4-14-38-26)30-32(23)28(34)17-31-27(33)13-11-21(29-31)19-8-12-24(36-2)25(15-19)37-3/h4-15,23H,16-17H2,1-3H3. The number of thiophene rings is 1. The molecule has 1 unspecified atom stereocenters. The van der Waals surface area contributed by atoms with Crippen molar-refractivity contribution in [2.45, 2.75) is 19.0 Å². The van der Waals surface area contributed by atoms with Crippen molar-refractivity contribution in [1.82, 2.24) is 14.8 Å². The van der Waals surface area contributed by atoms with Gasteiger partial charge in [0, 0.05) is 18.1 Å². The fourth-order valence-electron chi connectivity index (χ4n) is 4.33. The van der Waals surface area contributed by atoms with Crippen LogP contribution >= 0.6 is 11.3 Å². The monoisotopic (exact) mass is 530 g/mol. The summed E-state index contributed by atoms with van der Waals surface area (Å²) in [7, 11) is 4.72. The number of rotatable bonds is 8. The molecule has 2 aromatic heterocycles. The van der Waals surface area contributed by atoms with Crippen LogP contribution in [0.2, 0.25) is 0 Å². The molecule has 1 amide bonds. The summed E-state index contributed by atoms with van der Waals surface area (Å²) in [6, 6.07) is 19.6. The number of hydrazone groups is 1. The predicted molar refractivity (Wildman–Crippen MR) is 145 cm³/mol. The van der Waals surface area contributed by atoms with Gasteiger partial charge >= 0.3 is 0 Å². The van der Waals surface area contributed by atoms with Crippen LogP contribution in [0, 0.1) is 0 Å². The lowest BCUT2D eigenvalue weighted by Crippen LogP contribution is -2.34. The number of ether oxygens (including phenoxy) is 3. The number of carbonyl (C=O) groups excluding carboxylic acids is 1. The van der Waals surface area contributed by atoms with Crippen LogP contribution in [-0.4, -0.2) is 47.7 Å². The highest BCUT2D eigenvalue weighted by Crippen LogP contribution is 2.35. The number of benzene rings is 2. The summed E-state index contributed by atoms with van der Waals surface area (Å²) in [6.07, 6.45) is 0.562. The molecule has 194 valence electrons. The average molecular weight is 531 g/mol. The minimum Gasteiger partial charge on any atom is -0.497 e. The summed E-state index contributed by atoms with van der Waals surface area (Å²) in [5, 5.41) is 12.6. The zero-order valence-electron chi connectivity index (χ0n) is 21.2. The summed E-state index contributed by atoms with van der Waals surface area (Å²) in [4.78, 5) is 27.3. The molecule has 38 heavy (non-hydrogen) atoms. The van der Waals surface area contributed by atoms with Gasteiger partial charge in [0.2, 0.25) is 0 Å². The van der Waals surface area contributed by atoms with E-state index < -0.39 is 0 Å². The predicted octanol–water partition coefficient (Wildman–Crippen LogP) is 4.38. The van der Waals surface area contributed by atoms with E-state index in [0.29, 0.717) is 23.6 Å². The normalized spacial score (nSPS) is 14.8. The summed E-state index contributed by atoms with van der Waals surface area (Å²) in [5.41, 5.74) is 2.61. The van der Waals surface area contributed by atoms with E-state index in [4.69, 9.17) is 14.2 Å². The average Bonchev–Trinajstić information content (AvgIpc) is 3.64. The first kappa shape index (κ1) is 25.2. The molecule has 3 heterocycles. The molecule has 10 heteroatoms. The van der Waals surface area contributed by atoms with Crippen molar-refractivity contribution in [2.24, 2.45) is 5.10 Å². The lowest BCUT2D eigenvalue weighted by molar-refractivity contribution is -0.133.